The van der Waals surface area contributed by atoms with E-state index in [1.165, 1.54) is 5.56 Å². The number of hydrogen-bond donors (Lipinski definition) is 1. The fraction of sp³-hybridized carbons (Fsp3) is 0.150. The second kappa shape index (κ2) is 7.18. The van der Waals surface area contributed by atoms with Gasteiger partial charge in [0.2, 0.25) is 5.95 Å². The number of rotatable bonds is 3. The van der Waals surface area contributed by atoms with Crippen molar-refractivity contribution in [1.29, 1.82) is 0 Å². The molecular formula is C20H16Cl2N4O. The highest BCUT2D eigenvalue weighted by Crippen LogP contribution is 2.36. The maximum Gasteiger partial charge on any atom is 0.274 e. The van der Waals surface area contributed by atoms with Crippen molar-refractivity contribution in [3.8, 4) is 0 Å². The molecule has 1 N–H and O–H groups in total. The van der Waals surface area contributed by atoms with Crippen molar-refractivity contribution in [3.05, 3.63) is 76.0 Å². The van der Waals surface area contributed by atoms with Gasteiger partial charge in [0.25, 0.3) is 5.91 Å². The third-order valence-electron chi connectivity index (χ3n) is 4.50. The number of para-hydroxylation sites is 1. The molecule has 136 valence electrons. The first-order chi connectivity index (χ1) is 13.0. The number of amides is 1. The number of hydrogen-bond acceptors (Lipinski definition) is 4. The summed E-state index contributed by atoms with van der Waals surface area (Å²) >= 11 is 12.2. The topological polar surface area (TPSA) is 58.1 Å². The second-order valence-electron chi connectivity index (χ2n) is 6.35. The van der Waals surface area contributed by atoms with Crippen LogP contribution in [-0.2, 0) is 6.42 Å². The number of nitrogens with zero attached hydrogens (tertiary/aromatic N) is 3. The molecule has 0 aliphatic carbocycles. The van der Waals surface area contributed by atoms with Gasteiger partial charge in [0.1, 0.15) is 5.69 Å². The summed E-state index contributed by atoms with van der Waals surface area (Å²) in [5, 5.41) is 3.42. The summed E-state index contributed by atoms with van der Waals surface area (Å²) < 4.78 is 0. The fourth-order valence-corrected chi connectivity index (χ4v) is 3.60. The quantitative estimate of drug-likeness (QED) is 0.664. The lowest BCUT2D eigenvalue weighted by atomic mass is 10.1. The van der Waals surface area contributed by atoms with Gasteiger partial charge in [-0.3, -0.25) is 4.79 Å². The highest BCUT2D eigenvalue weighted by Gasteiger charge is 2.29. The number of benzene rings is 2. The molecule has 1 aliphatic rings. The minimum atomic E-state index is -0.372. The smallest absolute Gasteiger partial charge is 0.274 e. The highest BCUT2D eigenvalue weighted by atomic mass is 35.5. The van der Waals surface area contributed by atoms with Gasteiger partial charge >= 0.3 is 0 Å². The van der Waals surface area contributed by atoms with Crippen LogP contribution in [-0.4, -0.2) is 21.9 Å². The predicted molar refractivity (Wildman–Crippen MR) is 108 cm³/mol. The van der Waals surface area contributed by atoms with Crippen LogP contribution in [0, 0.1) is 0 Å². The van der Waals surface area contributed by atoms with E-state index >= 15 is 0 Å². The molecule has 0 radical (unpaired) electrons. The number of fused-ring (bicyclic) bond motifs is 1. The second-order valence-corrected chi connectivity index (χ2v) is 7.13. The van der Waals surface area contributed by atoms with Gasteiger partial charge in [0.05, 0.1) is 15.7 Å². The van der Waals surface area contributed by atoms with E-state index in [1.54, 1.807) is 30.5 Å². The minimum absolute atomic E-state index is 0.211. The van der Waals surface area contributed by atoms with Crippen molar-refractivity contribution in [2.45, 2.75) is 19.4 Å². The maximum absolute atomic E-state index is 12.7. The average molecular weight is 399 g/mol. The zero-order chi connectivity index (χ0) is 19.0. The van der Waals surface area contributed by atoms with Crippen molar-refractivity contribution < 1.29 is 4.79 Å². The van der Waals surface area contributed by atoms with Crippen LogP contribution < -0.4 is 10.2 Å². The molecule has 0 fully saturated rings. The van der Waals surface area contributed by atoms with Crippen LogP contribution in [0.4, 0.5) is 17.3 Å². The Balaban J connectivity index is 1.63. The van der Waals surface area contributed by atoms with E-state index in [-0.39, 0.29) is 17.6 Å². The molecule has 1 atom stereocenters. The van der Waals surface area contributed by atoms with Crippen molar-refractivity contribution >= 4 is 46.4 Å². The standard InChI is InChI=1S/C20H16Cl2N4O/c1-12-11-13-5-2-3-8-17(13)26(12)20-23-10-9-16(25-20)19(27)24-15-7-4-6-14(21)18(15)22/h2-10,12H,11H2,1H3,(H,24,27). The van der Waals surface area contributed by atoms with Crippen LogP contribution in [0.3, 0.4) is 0 Å². The third kappa shape index (κ3) is 3.36. The molecule has 0 bridgehead atoms. The zero-order valence-corrected chi connectivity index (χ0v) is 16.0. The Bertz CT molecular complexity index is 1020. The van der Waals surface area contributed by atoms with Crippen LogP contribution in [0.5, 0.6) is 0 Å². The van der Waals surface area contributed by atoms with Crippen molar-refractivity contribution in [2.24, 2.45) is 0 Å². The van der Waals surface area contributed by atoms with E-state index in [9.17, 15) is 4.79 Å². The third-order valence-corrected chi connectivity index (χ3v) is 5.32. The Hall–Kier alpha value is -2.63. The van der Waals surface area contributed by atoms with E-state index < -0.39 is 0 Å². The normalized spacial score (nSPS) is 15.5. The lowest BCUT2D eigenvalue weighted by Gasteiger charge is -2.22. The number of aromatic nitrogens is 2. The first-order valence-corrected chi connectivity index (χ1v) is 9.25. The molecule has 27 heavy (non-hydrogen) atoms. The van der Waals surface area contributed by atoms with Crippen LogP contribution in [0.15, 0.2) is 54.7 Å². The number of carbonyl (C=O) groups excluding carboxylic acids is 1. The van der Waals surface area contributed by atoms with Gasteiger partial charge < -0.3 is 10.2 Å². The molecule has 1 amide bonds. The van der Waals surface area contributed by atoms with Gasteiger partial charge in [0, 0.05) is 17.9 Å². The molecule has 4 rings (SSSR count). The van der Waals surface area contributed by atoms with Gasteiger partial charge in [-0.2, -0.15) is 0 Å². The summed E-state index contributed by atoms with van der Waals surface area (Å²) in [5.74, 6) is 0.125. The number of anilines is 3. The Labute approximate surface area is 167 Å². The van der Waals surface area contributed by atoms with Crippen LogP contribution in [0.25, 0.3) is 0 Å². The molecule has 2 heterocycles. The summed E-state index contributed by atoms with van der Waals surface area (Å²) in [5.41, 5.74) is 3.01. The van der Waals surface area contributed by atoms with E-state index in [0.29, 0.717) is 21.7 Å². The Morgan fingerprint density at radius 2 is 1.96 bits per heavy atom. The first kappa shape index (κ1) is 17.8. The molecule has 1 aromatic heterocycles. The van der Waals surface area contributed by atoms with Crippen molar-refractivity contribution in [3.63, 3.8) is 0 Å². The molecule has 0 saturated heterocycles. The SMILES string of the molecule is CC1Cc2ccccc2N1c1nccc(C(=O)Nc2cccc(Cl)c2Cl)n1. The van der Waals surface area contributed by atoms with Crippen LogP contribution in [0.2, 0.25) is 10.0 Å². The molecule has 5 nitrogen and oxygen atoms in total. The first-order valence-electron chi connectivity index (χ1n) is 8.50. The molecule has 7 heteroatoms. The number of nitrogens with one attached hydrogen (secondary N) is 1. The Morgan fingerprint density at radius 3 is 2.81 bits per heavy atom. The summed E-state index contributed by atoms with van der Waals surface area (Å²) in [6.45, 7) is 2.11. The average Bonchev–Trinajstić information content (AvgIpc) is 3.01. The highest BCUT2D eigenvalue weighted by molar-refractivity contribution is 6.44. The largest absolute Gasteiger partial charge is 0.319 e. The molecule has 0 spiro atoms. The van der Waals surface area contributed by atoms with Crippen molar-refractivity contribution in [2.75, 3.05) is 10.2 Å². The zero-order valence-electron chi connectivity index (χ0n) is 14.5. The molecular weight excluding hydrogens is 383 g/mol. The summed E-state index contributed by atoms with van der Waals surface area (Å²) in [6.07, 6.45) is 2.50. The maximum atomic E-state index is 12.7. The lowest BCUT2D eigenvalue weighted by Crippen LogP contribution is -2.27. The van der Waals surface area contributed by atoms with E-state index in [0.717, 1.165) is 12.1 Å². The van der Waals surface area contributed by atoms with Gasteiger partial charge in [-0.15, -0.1) is 0 Å². The van der Waals surface area contributed by atoms with Crippen LogP contribution in [0.1, 0.15) is 23.0 Å². The number of halogens is 2. The van der Waals surface area contributed by atoms with E-state index in [2.05, 4.69) is 33.2 Å². The summed E-state index contributed by atoms with van der Waals surface area (Å²) in [7, 11) is 0. The monoisotopic (exact) mass is 398 g/mol. The molecule has 1 aliphatic heterocycles. The van der Waals surface area contributed by atoms with Gasteiger partial charge in [-0.1, -0.05) is 47.5 Å². The molecule has 3 aromatic rings. The van der Waals surface area contributed by atoms with Crippen molar-refractivity contribution in [1.82, 2.24) is 9.97 Å². The van der Waals surface area contributed by atoms with E-state index in [4.69, 9.17) is 23.2 Å². The Morgan fingerprint density at radius 1 is 1.15 bits per heavy atom. The van der Waals surface area contributed by atoms with Gasteiger partial charge in [-0.05, 0) is 43.2 Å². The molecule has 2 aromatic carbocycles. The van der Waals surface area contributed by atoms with Gasteiger partial charge in [0.15, 0.2) is 0 Å². The minimum Gasteiger partial charge on any atom is -0.319 e. The predicted octanol–water partition coefficient (Wildman–Crippen LogP) is 5.12. The summed E-state index contributed by atoms with van der Waals surface area (Å²) in [4.78, 5) is 23.6. The fourth-order valence-electron chi connectivity index (χ4n) is 3.25. The molecule has 1 unspecified atom stereocenters. The number of carbonyl (C=O) groups is 1. The summed E-state index contributed by atoms with van der Waals surface area (Å²) in [6, 6.07) is 15.0. The Kier molecular flexibility index (Phi) is 4.72. The van der Waals surface area contributed by atoms with Crippen LogP contribution >= 0.6 is 23.2 Å². The molecule has 0 saturated carbocycles. The van der Waals surface area contributed by atoms with Gasteiger partial charge in [-0.25, -0.2) is 9.97 Å². The lowest BCUT2D eigenvalue weighted by molar-refractivity contribution is 0.102. The van der Waals surface area contributed by atoms with E-state index in [1.807, 2.05) is 18.2 Å².